The second-order valence-electron chi connectivity index (χ2n) is 4.90. The third-order valence-corrected chi connectivity index (χ3v) is 3.70. The van der Waals surface area contributed by atoms with Gasteiger partial charge in [0, 0.05) is 38.8 Å². The van der Waals surface area contributed by atoms with E-state index >= 15 is 0 Å². The second kappa shape index (κ2) is 3.70. The minimum absolute atomic E-state index is 0.407. The molecule has 2 spiro atoms. The predicted molar refractivity (Wildman–Crippen MR) is 53.9 cm³/mol. The number of nitrogens with one attached hydrogen (secondary N) is 1. The van der Waals surface area contributed by atoms with Crippen molar-refractivity contribution < 1.29 is 14.5 Å². The number of rotatable bonds is 0. The highest BCUT2D eigenvalue weighted by Crippen LogP contribution is 2.45. The number of hydrogen-bond donors (Lipinski definition) is 1. The molecule has 2 heterocycles. The van der Waals surface area contributed by atoms with E-state index in [1.165, 1.54) is 19.3 Å². The number of ether oxygens (including phenoxy) is 1. The van der Waals surface area contributed by atoms with Crippen LogP contribution in [0.25, 0.3) is 0 Å². The summed E-state index contributed by atoms with van der Waals surface area (Å²) in [6.07, 6.45) is 7.45. The maximum atomic E-state index is 6.13. The first-order chi connectivity index (χ1) is 7.33. The van der Waals surface area contributed by atoms with E-state index in [-0.39, 0.29) is 0 Å². The number of hydrogen-bond acceptors (Lipinski definition) is 4. The van der Waals surface area contributed by atoms with Crippen LogP contribution in [-0.4, -0.2) is 24.7 Å². The van der Waals surface area contributed by atoms with E-state index in [1.54, 1.807) is 0 Å². The van der Waals surface area contributed by atoms with Gasteiger partial charge in [-0.1, -0.05) is 6.42 Å². The van der Waals surface area contributed by atoms with Gasteiger partial charge in [-0.15, -0.1) is 0 Å². The van der Waals surface area contributed by atoms with Gasteiger partial charge >= 0.3 is 0 Å². The molecule has 0 aromatic heterocycles. The quantitative estimate of drug-likeness (QED) is 0.622. The Hall–Kier alpha value is -0.160. The van der Waals surface area contributed by atoms with Crippen molar-refractivity contribution in [1.29, 1.82) is 0 Å². The van der Waals surface area contributed by atoms with Crippen molar-refractivity contribution >= 4 is 0 Å². The van der Waals surface area contributed by atoms with E-state index in [4.69, 9.17) is 14.5 Å². The van der Waals surface area contributed by atoms with Crippen LogP contribution in [0.5, 0.6) is 0 Å². The molecule has 86 valence electrons. The third kappa shape index (κ3) is 1.80. The molecule has 3 aliphatic rings. The molecule has 3 rings (SSSR count). The molecule has 1 saturated carbocycles. The fraction of sp³-hybridized carbons (Fsp3) is 1.00. The van der Waals surface area contributed by atoms with Crippen molar-refractivity contribution in [2.45, 2.75) is 56.5 Å². The summed E-state index contributed by atoms with van der Waals surface area (Å²) in [6, 6.07) is 0. The van der Waals surface area contributed by atoms with Crippen LogP contribution in [0, 0.1) is 0 Å². The topological polar surface area (TPSA) is 39.7 Å². The molecular formula is C11H19NO3. The van der Waals surface area contributed by atoms with Crippen LogP contribution in [0.2, 0.25) is 0 Å². The van der Waals surface area contributed by atoms with Gasteiger partial charge in [-0.25, -0.2) is 0 Å². The van der Waals surface area contributed by atoms with E-state index in [0.29, 0.717) is 0 Å². The Kier molecular flexibility index (Phi) is 2.47. The van der Waals surface area contributed by atoms with Crippen LogP contribution < -0.4 is 5.32 Å². The molecule has 15 heavy (non-hydrogen) atoms. The fourth-order valence-corrected chi connectivity index (χ4v) is 2.79. The summed E-state index contributed by atoms with van der Waals surface area (Å²) in [6.45, 7) is 1.92. The molecule has 2 aliphatic heterocycles. The van der Waals surface area contributed by atoms with Crippen molar-refractivity contribution in [3.05, 3.63) is 0 Å². The molecular weight excluding hydrogens is 194 g/mol. The fourth-order valence-electron chi connectivity index (χ4n) is 2.79. The van der Waals surface area contributed by atoms with E-state index in [1.807, 2.05) is 0 Å². The third-order valence-electron chi connectivity index (χ3n) is 3.70. The van der Waals surface area contributed by atoms with Crippen LogP contribution in [0.15, 0.2) is 0 Å². The lowest BCUT2D eigenvalue weighted by atomic mass is 9.93. The number of piperidine rings is 1. The normalized spacial score (nSPS) is 33.6. The molecule has 0 atom stereocenters. The van der Waals surface area contributed by atoms with Crippen molar-refractivity contribution in [3.8, 4) is 0 Å². The van der Waals surface area contributed by atoms with E-state index in [9.17, 15) is 0 Å². The molecule has 2 saturated heterocycles. The summed E-state index contributed by atoms with van der Waals surface area (Å²) in [5, 5.41) is 3.31. The Morgan fingerprint density at radius 1 is 0.733 bits per heavy atom. The van der Waals surface area contributed by atoms with Crippen molar-refractivity contribution in [1.82, 2.24) is 5.32 Å². The predicted octanol–water partition coefficient (Wildman–Crippen LogP) is 1.70. The first-order valence-corrected chi connectivity index (χ1v) is 6.10. The Bertz CT molecular complexity index is 208. The van der Waals surface area contributed by atoms with Crippen LogP contribution in [0.3, 0.4) is 0 Å². The smallest absolute Gasteiger partial charge is 0.207 e. The Labute approximate surface area is 90.2 Å². The molecule has 0 aromatic rings. The lowest BCUT2D eigenvalue weighted by Crippen LogP contribution is -2.45. The molecule has 0 unspecified atom stereocenters. The monoisotopic (exact) mass is 213 g/mol. The summed E-state index contributed by atoms with van der Waals surface area (Å²) < 4.78 is 6.13. The van der Waals surface area contributed by atoms with E-state index < -0.39 is 11.6 Å². The summed E-state index contributed by atoms with van der Waals surface area (Å²) in [7, 11) is 0. The largest absolute Gasteiger partial charge is 0.316 e. The first-order valence-electron chi connectivity index (χ1n) is 6.10. The lowest BCUT2D eigenvalue weighted by molar-refractivity contribution is -0.357. The maximum absolute atomic E-state index is 6.13. The van der Waals surface area contributed by atoms with Crippen LogP contribution in [0.4, 0.5) is 0 Å². The van der Waals surface area contributed by atoms with Gasteiger partial charge in [0.1, 0.15) is 0 Å². The van der Waals surface area contributed by atoms with E-state index in [0.717, 1.165) is 38.8 Å². The molecule has 3 fully saturated rings. The average Bonchev–Trinajstić information content (AvgIpc) is 2.60. The van der Waals surface area contributed by atoms with Gasteiger partial charge in [-0.3, -0.25) is 0 Å². The zero-order valence-electron chi connectivity index (χ0n) is 9.09. The second-order valence-corrected chi connectivity index (χ2v) is 4.90. The molecule has 1 aliphatic carbocycles. The zero-order valence-corrected chi connectivity index (χ0v) is 9.09. The van der Waals surface area contributed by atoms with Gasteiger partial charge in [0.25, 0.3) is 0 Å². The minimum Gasteiger partial charge on any atom is -0.316 e. The van der Waals surface area contributed by atoms with Gasteiger partial charge in [-0.05, 0) is 12.8 Å². The SMILES string of the molecule is C1CCC2(CC1)OOC1(CCNCC1)O2. The minimum atomic E-state index is -0.442. The van der Waals surface area contributed by atoms with E-state index in [2.05, 4.69) is 5.32 Å². The summed E-state index contributed by atoms with van der Waals surface area (Å²) >= 11 is 0. The zero-order chi connectivity index (χ0) is 10.2. The van der Waals surface area contributed by atoms with Crippen molar-refractivity contribution in [3.63, 3.8) is 0 Å². The molecule has 0 aromatic carbocycles. The average molecular weight is 213 g/mol. The van der Waals surface area contributed by atoms with Gasteiger partial charge < -0.3 is 10.1 Å². The summed E-state index contributed by atoms with van der Waals surface area (Å²) in [5.74, 6) is -0.849. The Balaban J connectivity index is 1.70. The molecule has 0 bridgehead atoms. The van der Waals surface area contributed by atoms with Crippen LogP contribution >= 0.6 is 0 Å². The maximum Gasteiger partial charge on any atom is 0.207 e. The van der Waals surface area contributed by atoms with Gasteiger partial charge in [-0.2, -0.15) is 9.78 Å². The van der Waals surface area contributed by atoms with Gasteiger partial charge in [0.15, 0.2) is 0 Å². The lowest BCUT2D eigenvalue weighted by Gasteiger charge is -2.33. The first kappa shape index (κ1) is 10.0. The molecule has 0 radical (unpaired) electrons. The van der Waals surface area contributed by atoms with Crippen molar-refractivity contribution in [2.24, 2.45) is 0 Å². The van der Waals surface area contributed by atoms with Crippen LogP contribution in [0.1, 0.15) is 44.9 Å². The summed E-state index contributed by atoms with van der Waals surface area (Å²) in [4.78, 5) is 11.0. The van der Waals surface area contributed by atoms with Crippen molar-refractivity contribution in [2.75, 3.05) is 13.1 Å². The summed E-state index contributed by atoms with van der Waals surface area (Å²) in [5.41, 5.74) is 0. The highest BCUT2D eigenvalue weighted by molar-refractivity contribution is 4.86. The molecule has 4 heteroatoms. The molecule has 4 nitrogen and oxygen atoms in total. The van der Waals surface area contributed by atoms with Gasteiger partial charge in [0.2, 0.25) is 11.6 Å². The van der Waals surface area contributed by atoms with Crippen LogP contribution in [-0.2, 0) is 14.5 Å². The standard InChI is InChI=1S/C11H19NO3/c1-2-4-10(5-3-1)13-11(15-14-10)6-8-12-9-7-11/h12H,1-9H2. The highest BCUT2D eigenvalue weighted by atomic mass is 17.3. The molecule has 0 amide bonds. The highest BCUT2D eigenvalue weighted by Gasteiger charge is 2.53. The molecule has 1 N–H and O–H groups in total. The Morgan fingerprint density at radius 2 is 1.33 bits per heavy atom. The van der Waals surface area contributed by atoms with Gasteiger partial charge in [0.05, 0.1) is 0 Å². The Morgan fingerprint density at radius 3 is 2.00 bits per heavy atom.